The molecule has 144 valence electrons. The van der Waals surface area contributed by atoms with Crippen LogP contribution in [-0.4, -0.2) is 41.2 Å². The van der Waals surface area contributed by atoms with Gasteiger partial charge < -0.3 is 9.57 Å². The topological polar surface area (TPSA) is 85.3 Å². The fourth-order valence-corrected chi connectivity index (χ4v) is 2.85. The van der Waals surface area contributed by atoms with Crippen LogP contribution in [0.2, 0.25) is 0 Å². The second-order valence-electron chi connectivity index (χ2n) is 6.61. The molecule has 1 saturated heterocycles. The number of ether oxygens (including phenoxy) is 1. The monoisotopic (exact) mass is 380 g/mol. The maximum atomic E-state index is 12.4. The predicted octanol–water partition coefficient (Wildman–Crippen LogP) is 2.99. The maximum Gasteiger partial charge on any atom is 0.423 e. The van der Waals surface area contributed by atoms with Gasteiger partial charge in [-0.05, 0) is 5.92 Å². The van der Waals surface area contributed by atoms with E-state index in [0.717, 1.165) is 16.0 Å². The summed E-state index contributed by atoms with van der Waals surface area (Å²) in [6.45, 7) is 3.72. The molecular weight excluding hydrogens is 360 g/mol. The van der Waals surface area contributed by atoms with Crippen LogP contribution in [0.1, 0.15) is 25.0 Å². The molecule has 28 heavy (non-hydrogen) atoms. The molecule has 2 aromatic carbocycles. The predicted molar refractivity (Wildman–Crippen MR) is 101 cm³/mol. The summed E-state index contributed by atoms with van der Waals surface area (Å²) in [5.74, 6) is -2.39. The van der Waals surface area contributed by atoms with E-state index in [1.54, 1.807) is 0 Å². The highest BCUT2D eigenvalue weighted by atomic mass is 16.7. The van der Waals surface area contributed by atoms with Crippen molar-refractivity contribution >= 4 is 23.7 Å². The number of imide groups is 1. The molecular formula is C21H20N2O5. The zero-order valence-electron chi connectivity index (χ0n) is 15.6. The summed E-state index contributed by atoms with van der Waals surface area (Å²) >= 11 is 0. The molecule has 0 spiro atoms. The van der Waals surface area contributed by atoms with Crippen molar-refractivity contribution in [3.8, 4) is 0 Å². The van der Waals surface area contributed by atoms with E-state index in [2.05, 4.69) is 5.16 Å². The maximum absolute atomic E-state index is 12.4. The van der Waals surface area contributed by atoms with Gasteiger partial charge in [-0.2, -0.15) is 0 Å². The number of amides is 2. The average Bonchev–Trinajstić information content (AvgIpc) is 3.10. The molecule has 2 aromatic rings. The standard InChI is InChI=1S/C21H20N2O5/c1-14(2)17-13-27-21(26)23(17)19(24)20(25)28-22-18(15-9-5-3-6-10-15)16-11-7-4-8-12-16/h3-12,14,17H,13H2,1-2H3/t17-/m1/s1. The lowest BCUT2D eigenvalue weighted by Gasteiger charge is -2.20. The van der Waals surface area contributed by atoms with Gasteiger partial charge in [-0.15, -0.1) is 0 Å². The van der Waals surface area contributed by atoms with Crippen molar-refractivity contribution < 1.29 is 24.0 Å². The molecule has 1 aliphatic heterocycles. The lowest BCUT2D eigenvalue weighted by molar-refractivity contribution is -0.159. The van der Waals surface area contributed by atoms with Crippen LogP contribution in [0.4, 0.5) is 4.79 Å². The Morgan fingerprint density at radius 1 is 1.04 bits per heavy atom. The van der Waals surface area contributed by atoms with Gasteiger partial charge in [0.25, 0.3) is 0 Å². The molecule has 0 aliphatic carbocycles. The molecule has 0 aromatic heterocycles. The number of hydrogen-bond donors (Lipinski definition) is 0. The van der Waals surface area contributed by atoms with Crippen LogP contribution in [0.25, 0.3) is 0 Å². The van der Waals surface area contributed by atoms with Gasteiger partial charge in [-0.25, -0.2) is 14.5 Å². The number of rotatable bonds is 4. The molecule has 1 atom stereocenters. The summed E-state index contributed by atoms with van der Waals surface area (Å²) in [6, 6.07) is 17.8. The van der Waals surface area contributed by atoms with Gasteiger partial charge >= 0.3 is 18.0 Å². The molecule has 0 N–H and O–H groups in total. The number of carbonyl (C=O) groups is 3. The Balaban J connectivity index is 1.83. The lowest BCUT2D eigenvalue weighted by atomic mass is 10.0. The normalized spacial score (nSPS) is 15.9. The van der Waals surface area contributed by atoms with Crippen LogP contribution in [0.15, 0.2) is 65.8 Å². The first-order valence-corrected chi connectivity index (χ1v) is 8.89. The third-order valence-corrected chi connectivity index (χ3v) is 4.38. The highest BCUT2D eigenvalue weighted by Crippen LogP contribution is 2.20. The second-order valence-corrected chi connectivity index (χ2v) is 6.61. The lowest BCUT2D eigenvalue weighted by Crippen LogP contribution is -2.45. The van der Waals surface area contributed by atoms with E-state index in [1.807, 2.05) is 74.5 Å². The first-order valence-electron chi connectivity index (χ1n) is 8.89. The third kappa shape index (κ3) is 4.09. The summed E-state index contributed by atoms with van der Waals surface area (Å²) in [7, 11) is 0. The summed E-state index contributed by atoms with van der Waals surface area (Å²) in [6.07, 6.45) is -0.851. The van der Waals surface area contributed by atoms with Crippen molar-refractivity contribution in [2.45, 2.75) is 19.9 Å². The Kier molecular flexibility index (Phi) is 5.84. The molecule has 0 saturated carbocycles. The minimum atomic E-state index is -1.24. The van der Waals surface area contributed by atoms with E-state index in [0.29, 0.717) is 5.71 Å². The molecule has 0 radical (unpaired) electrons. The van der Waals surface area contributed by atoms with Crippen LogP contribution in [0.3, 0.4) is 0 Å². The first kappa shape index (κ1) is 19.3. The quantitative estimate of drug-likeness (QED) is 0.352. The number of nitrogens with zero attached hydrogens (tertiary/aromatic N) is 2. The molecule has 7 nitrogen and oxygen atoms in total. The molecule has 7 heteroatoms. The largest absolute Gasteiger partial charge is 0.447 e. The number of carbonyl (C=O) groups excluding carboxylic acids is 3. The molecule has 1 heterocycles. The number of hydrogen-bond acceptors (Lipinski definition) is 6. The zero-order valence-corrected chi connectivity index (χ0v) is 15.6. The summed E-state index contributed by atoms with van der Waals surface area (Å²) < 4.78 is 4.90. The number of oxime groups is 1. The molecule has 1 fully saturated rings. The van der Waals surface area contributed by atoms with Crippen molar-refractivity contribution in [3.63, 3.8) is 0 Å². The van der Waals surface area contributed by atoms with Crippen molar-refractivity contribution in [2.24, 2.45) is 11.1 Å². The van der Waals surface area contributed by atoms with Crippen molar-refractivity contribution in [2.75, 3.05) is 6.61 Å². The van der Waals surface area contributed by atoms with Crippen LogP contribution in [0, 0.1) is 5.92 Å². The highest BCUT2D eigenvalue weighted by Gasteiger charge is 2.43. The number of benzene rings is 2. The fourth-order valence-electron chi connectivity index (χ4n) is 2.85. The van der Waals surface area contributed by atoms with E-state index in [-0.39, 0.29) is 12.5 Å². The summed E-state index contributed by atoms with van der Waals surface area (Å²) in [5.41, 5.74) is 1.83. The van der Waals surface area contributed by atoms with Gasteiger partial charge in [-0.3, -0.25) is 4.79 Å². The molecule has 1 aliphatic rings. The Labute approximate surface area is 162 Å². The Bertz CT molecular complexity index is 852. The highest BCUT2D eigenvalue weighted by molar-refractivity contribution is 6.35. The summed E-state index contributed by atoms with van der Waals surface area (Å²) in [5, 5.41) is 3.92. The van der Waals surface area contributed by atoms with E-state index in [9.17, 15) is 14.4 Å². The van der Waals surface area contributed by atoms with E-state index in [1.165, 1.54) is 0 Å². The smallest absolute Gasteiger partial charge is 0.423 e. The van der Waals surface area contributed by atoms with Crippen molar-refractivity contribution in [3.05, 3.63) is 71.8 Å². The Hall–Kier alpha value is -3.48. The molecule has 3 rings (SSSR count). The zero-order chi connectivity index (χ0) is 20.1. The molecule has 0 unspecified atom stereocenters. The second kappa shape index (κ2) is 8.47. The fraction of sp³-hybridized carbons (Fsp3) is 0.238. The summed E-state index contributed by atoms with van der Waals surface area (Å²) in [4.78, 5) is 42.3. The van der Waals surface area contributed by atoms with Gasteiger partial charge in [-0.1, -0.05) is 79.7 Å². The average molecular weight is 380 g/mol. The van der Waals surface area contributed by atoms with Crippen molar-refractivity contribution in [1.29, 1.82) is 0 Å². The van der Waals surface area contributed by atoms with Crippen LogP contribution >= 0.6 is 0 Å². The molecule has 0 bridgehead atoms. The Morgan fingerprint density at radius 2 is 1.57 bits per heavy atom. The van der Waals surface area contributed by atoms with Gasteiger partial charge in [0.05, 0.1) is 6.04 Å². The SMILES string of the molecule is CC(C)[C@H]1COC(=O)N1C(=O)C(=O)ON=C(c1ccccc1)c1ccccc1. The van der Waals surface area contributed by atoms with Crippen LogP contribution < -0.4 is 0 Å². The minimum absolute atomic E-state index is 0.0536. The van der Waals surface area contributed by atoms with E-state index in [4.69, 9.17) is 9.57 Å². The minimum Gasteiger partial charge on any atom is -0.447 e. The van der Waals surface area contributed by atoms with E-state index >= 15 is 0 Å². The van der Waals surface area contributed by atoms with Crippen molar-refractivity contribution in [1.82, 2.24) is 4.90 Å². The van der Waals surface area contributed by atoms with Crippen LogP contribution in [-0.2, 0) is 19.2 Å². The first-order chi connectivity index (χ1) is 13.5. The molecule has 2 amide bonds. The third-order valence-electron chi connectivity index (χ3n) is 4.38. The van der Waals surface area contributed by atoms with Gasteiger partial charge in [0.2, 0.25) is 0 Å². The van der Waals surface area contributed by atoms with Gasteiger partial charge in [0, 0.05) is 11.1 Å². The van der Waals surface area contributed by atoms with E-state index < -0.39 is 24.0 Å². The number of cyclic esters (lactones) is 1. The van der Waals surface area contributed by atoms with Crippen LogP contribution in [0.5, 0.6) is 0 Å². The van der Waals surface area contributed by atoms with Gasteiger partial charge in [0.1, 0.15) is 12.3 Å². The van der Waals surface area contributed by atoms with Gasteiger partial charge in [0.15, 0.2) is 0 Å². The Morgan fingerprint density at radius 3 is 2.07 bits per heavy atom.